The monoisotopic (exact) mass is 740 g/mol. The minimum atomic E-state index is 0.955. The van der Waals surface area contributed by atoms with Gasteiger partial charge in [0.2, 0.25) is 0 Å². The van der Waals surface area contributed by atoms with Crippen molar-refractivity contribution in [2.45, 2.75) is 12.8 Å². The van der Waals surface area contributed by atoms with E-state index in [1.807, 2.05) is 0 Å². The van der Waals surface area contributed by atoms with Gasteiger partial charge < -0.3 is 9.47 Å². The van der Waals surface area contributed by atoms with Crippen molar-refractivity contribution >= 4 is 60.3 Å². The number of fused-ring (bicyclic) bond motifs is 5. The van der Waals surface area contributed by atoms with Crippen LogP contribution in [0.4, 0.5) is 11.4 Å². The summed E-state index contributed by atoms with van der Waals surface area (Å²) < 4.78 is 2.38. The van der Waals surface area contributed by atoms with Gasteiger partial charge in [0.05, 0.1) is 11.0 Å². The SMILES string of the molecule is C1=C(c2ccc3c(-c4ccccc4)c4ccccc4c(-c4ccccc4)c3c2)CCC=C1N(c1ccccc1)c1ccc2c(c1)c1ccccc1n2-c1ccccc1. The van der Waals surface area contributed by atoms with Gasteiger partial charge in [-0.2, -0.15) is 0 Å². The van der Waals surface area contributed by atoms with E-state index in [0.29, 0.717) is 0 Å². The van der Waals surface area contributed by atoms with Crippen molar-refractivity contribution in [2.75, 3.05) is 4.90 Å². The zero-order chi connectivity index (χ0) is 38.4. The first-order valence-corrected chi connectivity index (χ1v) is 20.2. The summed E-state index contributed by atoms with van der Waals surface area (Å²) in [4.78, 5) is 2.44. The highest BCUT2D eigenvalue weighted by Crippen LogP contribution is 2.46. The van der Waals surface area contributed by atoms with Gasteiger partial charge in [0.1, 0.15) is 0 Å². The number of anilines is 2. The van der Waals surface area contributed by atoms with Crippen molar-refractivity contribution in [3.8, 4) is 27.9 Å². The number of hydrogen-bond donors (Lipinski definition) is 0. The molecule has 2 nitrogen and oxygen atoms in total. The quantitative estimate of drug-likeness (QED) is 0.148. The second-order valence-electron chi connectivity index (χ2n) is 15.2. The lowest BCUT2D eigenvalue weighted by Gasteiger charge is -2.29. The maximum absolute atomic E-state index is 2.46. The number of allylic oxidation sites excluding steroid dienone is 3. The van der Waals surface area contributed by atoms with Crippen LogP contribution in [0.5, 0.6) is 0 Å². The summed E-state index contributed by atoms with van der Waals surface area (Å²) >= 11 is 0. The van der Waals surface area contributed by atoms with Crippen LogP contribution in [0.25, 0.3) is 76.9 Å². The van der Waals surface area contributed by atoms with Crippen molar-refractivity contribution < 1.29 is 0 Å². The molecule has 0 fully saturated rings. The Morgan fingerprint density at radius 3 is 1.62 bits per heavy atom. The van der Waals surface area contributed by atoms with Gasteiger partial charge in [-0.3, -0.25) is 0 Å². The highest BCUT2D eigenvalue weighted by atomic mass is 15.1. The molecule has 0 unspecified atom stereocenters. The first-order chi connectivity index (χ1) is 28.8. The molecule has 0 bridgehead atoms. The maximum Gasteiger partial charge on any atom is 0.0542 e. The summed E-state index contributed by atoms with van der Waals surface area (Å²) in [6.07, 6.45) is 6.76. The first-order valence-electron chi connectivity index (χ1n) is 20.2. The molecule has 11 rings (SSSR count). The lowest BCUT2D eigenvalue weighted by atomic mass is 9.84. The first kappa shape index (κ1) is 33.9. The van der Waals surface area contributed by atoms with Crippen LogP contribution in [0.15, 0.2) is 224 Å². The van der Waals surface area contributed by atoms with Crippen LogP contribution in [0.2, 0.25) is 0 Å². The van der Waals surface area contributed by atoms with E-state index in [4.69, 9.17) is 0 Å². The minimum absolute atomic E-state index is 0.955. The van der Waals surface area contributed by atoms with Crippen LogP contribution < -0.4 is 4.90 Å². The Morgan fingerprint density at radius 1 is 0.379 bits per heavy atom. The topological polar surface area (TPSA) is 8.17 Å². The van der Waals surface area contributed by atoms with E-state index in [-0.39, 0.29) is 0 Å². The highest BCUT2D eigenvalue weighted by Gasteiger charge is 2.22. The summed E-state index contributed by atoms with van der Waals surface area (Å²) in [5.74, 6) is 0. The van der Waals surface area contributed by atoms with Gasteiger partial charge in [-0.1, -0.05) is 158 Å². The molecule has 0 saturated carbocycles. The zero-order valence-electron chi connectivity index (χ0n) is 32.1. The molecule has 0 aliphatic heterocycles. The molecule has 274 valence electrons. The molecule has 0 amide bonds. The molecule has 0 spiro atoms. The van der Waals surface area contributed by atoms with Crippen LogP contribution in [0, 0.1) is 0 Å². The number of aromatic nitrogens is 1. The molecule has 0 radical (unpaired) electrons. The lowest BCUT2D eigenvalue weighted by molar-refractivity contribution is 1.01. The number of benzene rings is 9. The van der Waals surface area contributed by atoms with Crippen LogP contribution in [-0.2, 0) is 0 Å². The van der Waals surface area contributed by atoms with E-state index in [9.17, 15) is 0 Å². The van der Waals surface area contributed by atoms with Crippen molar-refractivity contribution in [1.82, 2.24) is 4.57 Å². The Kier molecular flexibility index (Phi) is 8.33. The predicted octanol–water partition coefficient (Wildman–Crippen LogP) is 15.3. The number of hydrogen-bond acceptors (Lipinski definition) is 1. The molecule has 0 saturated heterocycles. The van der Waals surface area contributed by atoms with E-state index in [2.05, 4.69) is 228 Å². The number of nitrogens with zero attached hydrogens (tertiary/aromatic N) is 2. The highest BCUT2D eigenvalue weighted by molar-refractivity contribution is 6.21. The molecule has 0 N–H and O–H groups in total. The Bertz CT molecular complexity index is 3190. The van der Waals surface area contributed by atoms with Gasteiger partial charge in [-0.25, -0.2) is 0 Å². The normalized spacial score (nSPS) is 12.9. The molecular weight excluding hydrogens is 701 g/mol. The third-order valence-electron chi connectivity index (χ3n) is 11.8. The van der Waals surface area contributed by atoms with Gasteiger partial charge in [0.25, 0.3) is 0 Å². The van der Waals surface area contributed by atoms with E-state index in [0.717, 1.165) is 24.2 Å². The van der Waals surface area contributed by atoms with Crippen molar-refractivity contribution in [1.29, 1.82) is 0 Å². The summed E-state index contributed by atoms with van der Waals surface area (Å²) in [6.45, 7) is 0. The number of rotatable bonds is 7. The van der Waals surface area contributed by atoms with Gasteiger partial charge in [-0.05, 0) is 128 Å². The molecule has 2 heteroatoms. The molecule has 1 aliphatic rings. The lowest BCUT2D eigenvalue weighted by Crippen LogP contribution is -2.17. The molecule has 10 aromatic rings. The maximum atomic E-state index is 2.46. The third kappa shape index (κ3) is 5.73. The van der Waals surface area contributed by atoms with Crippen molar-refractivity contribution in [3.05, 3.63) is 230 Å². The van der Waals surface area contributed by atoms with Gasteiger partial charge in [0, 0.05) is 33.5 Å². The average Bonchev–Trinajstić information content (AvgIpc) is 3.63. The Morgan fingerprint density at radius 2 is 0.931 bits per heavy atom. The minimum Gasteiger partial charge on any atom is -0.311 e. The fourth-order valence-corrected chi connectivity index (χ4v) is 9.26. The van der Waals surface area contributed by atoms with Crippen LogP contribution in [-0.4, -0.2) is 4.57 Å². The summed E-state index contributed by atoms with van der Waals surface area (Å²) in [5, 5.41) is 7.58. The van der Waals surface area contributed by atoms with Gasteiger partial charge in [-0.15, -0.1) is 0 Å². The molecule has 1 aliphatic carbocycles. The third-order valence-corrected chi connectivity index (χ3v) is 11.8. The standard InChI is InChI=1S/C56H40N2/c1-5-18-39(19-6-1)55-48-29-13-14-30-49(48)56(40-20-7-2-8-21-40)52-37-42(32-34-50(52)55)41-22-17-27-45(36-41)57(43-23-9-3-10-24-43)46-33-35-54-51(38-46)47-28-15-16-31-53(47)58(54)44-25-11-4-12-26-44/h1-16,18-21,23-38H,17,22H2. The zero-order valence-corrected chi connectivity index (χ0v) is 32.1. The van der Waals surface area contributed by atoms with E-state index in [1.54, 1.807) is 0 Å². The van der Waals surface area contributed by atoms with Crippen LogP contribution in [0.1, 0.15) is 18.4 Å². The molecular formula is C56H40N2. The average molecular weight is 741 g/mol. The largest absolute Gasteiger partial charge is 0.311 e. The summed E-state index contributed by atoms with van der Waals surface area (Å²) in [5.41, 5.74) is 14.7. The van der Waals surface area contributed by atoms with Crippen molar-refractivity contribution in [3.63, 3.8) is 0 Å². The Hall–Kier alpha value is -7.42. The van der Waals surface area contributed by atoms with Gasteiger partial charge in [0.15, 0.2) is 0 Å². The fraction of sp³-hybridized carbons (Fsp3) is 0.0357. The van der Waals surface area contributed by atoms with Crippen LogP contribution in [0.3, 0.4) is 0 Å². The van der Waals surface area contributed by atoms with E-state index in [1.165, 1.54) is 88.1 Å². The summed E-state index contributed by atoms with van der Waals surface area (Å²) in [6, 6.07) is 75.1. The number of para-hydroxylation sites is 3. The van der Waals surface area contributed by atoms with Crippen molar-refractivity contribution in [2.24, 2.45) is 0 Å². The second-order valence-corrected chi connectivity index (χ2v) is 15.2. The smallest absolute Gasteiger partial charge is 0.0542 e. The molecule has 9 aromatic carbocycles. The summed E-state index contributed by atoms with van der Waals surface area (Å²) in [7, 11) is 0. The molecule has 1 aromatic heterocycles. The Labute approximate surface area is 338 Å². The second kappa shape index (κ2) is 14.3. The van der Waals surface area contributed by atoms with Gasteiger partial charge >= 0.3 is 0 Å². The molecule has 58 heavy (non-hydrogen) atoms. The van der Waals surface area contributed by atoms with Crippen LogP contribution >= 0.6 is 0 Å². The molecule has 0 atom stereocenters. The Balaban J connectivity index is 1.09. The molecule has 1 heterocycles. The predicted molar refractivity (Wildman–Crippen MR) is 247 cm³/mol. The fourth-order valence-electron chi connectivity index (χ4n) is 9.26. The van der Waals surface area contributed by atoms with E-state index < -0.39 is 0 Å². The van der Waals surface area contributed by atoms with E-state index >= 15 is 0 Å².